The number of aryl methyl sites for hydroxylation is 1. The molecule has 0 atom stereocenters. The van der Waals surface area contributed by atoms with Gasteiger partial charge in [0.25, 0.3) is 0 Å². The quantitative estimate of drug-likeness (QED) is 0.812. The normalized spacial score (nSPS) is 10.9. The van der Waals surface area contributed by atoms with Crippen LogP contribution in [0.4, 0.5) is 0 Å². The number of hydrogen-bond donors (Lipinski definition) is 0. The smallest absolute Gasteiger partial charge is 0.151 e. The Labute approximate surface area is 117 Å². The number of ketones is 1. The van der Waals surface area contributed by atoms with Gasteiger partial charge < -0.3 is 0 Å². The lowest BCUT2D eigenvalue weighted by molar-refractivity contribution is -0.119. The highest BCUT2D eigenvalue weighted by Crippen LogP contribution is 2.10. The Kier molecular flexibility index (Phi) is 4.82. The summed E-state index contributed by atoms with van der Waals surface area (Å²) in [6, 6.07) is 9.86. The molecule has 2 rings (SSSR count). The summed E-state index contributed by atoms with van der Waals surface area (Å²) < 4.78 is 0. The van der Waals surface area contributed by atoms with Crippen molar-refractivity contribution in [3.05, 3.63) is 52.0 Å². The molecule has 0 saturated heterocycles. The summed E-state index contributed by atoms with van der Waals surface area (Å²) >= 11 is 1.65. The summed E-state index contributed by atoms with van der Waals surface area (Å²) in [5.74, 6) is 0.237. The van der Waals surface area contributed by atoms with Crippen LogP contribution in [0.2, 0.25) is 0 Å². The molecular formula is C15H18N2OS. The molecule has 0 aliphatic carbocycles. The molecule has 0 unspecified atom stereocenters. The average Bonchev–Trinajstić information content (AvgIpc) is 2.75. The van der Waals surface area contributed by atoms with Crippen LogP contribution in [-0.4, -0.2) is 29.3 Å². The van der Waals surface area contributed by atoms with E-state index in [-0.39, 0.29) is 5.78 Å². The van der Waals surface area contributed by atoms with Crippen LogP contribution in [0.15, 0.2) is 35.7 Å². The van der Waals surface area contributed by atoms with Crippen LogP contribution in [0.1, 0.15) is 16.3 Å². The lowest BCUT2D eigenvalue weighted by atomic mass is 10.1. The number of thiazole rings is 1. The molecule has 1 aromatic heterocycles. The molecule has 0 saturated carbocycles. The fraction of sp³-hybridized carbons (Fsp3) is 0.333. The van der Waals surface area contributed by atoms with Gasteiger partial charge in [-0.25, -0.2) is 4.98 Å². The molecule has 0 spiro atoms. The molecular weight excluding hydrogens is 256 g/mol. The number of nitrogens with zero attached hydrogens (tertiary/aromatic N) is 2. The van der Waals surface area contributed by atoms with E-state index in [2.05, 4.69) is 4.98 Å². The van der Waals surface area contributed by atoms with Crippen molar-refractivity contribution in [2.24, 2.45) is 0 Å². The van der Waals surface area contributed by atoms with Gasteiger partial charge in [0.05, 0.1) is 17.2 Å². The van der Waals surface area contributed by atoms with E-state index in [0.29, 0.717) is 13.0 Å². The Morgan fingerprint density at radius 3 is 2.68 bits per heavy atom. The average molecular weight is 274 g/mol. The highest BCUT2D eigenvalue weighted by molar-refractivity contribution is 7.09. The van der Waals surface area contributed by atoms with Gasteiger partial charge in [-0.3, -0.25) is 9.69 Å². The molecule has 0 bridgehead atoms. The Morgan fingerprint density at radius 1 is 1.32 bits per heavy atom. The second-order valence-corrected chi connectivity index (χ2v) is 5.79. The van der Waals surface area contributed by atoms with E-state index < -0.39 is 0 Å². The van der Waals surface area contributed by atoms with Crippen molar-refractivity contribution in [2.45, 2.75) is 19.9 Å². The highest BCUT2D eigenvalue weighted by Gasteiger charge is 2.09. The van der Waals surface area contributed by atoms with Crippen molar-refractivity contribution in [2.75, 3.05) is 13.6 Å². The summed E-state index contributed by atoms with van der Waals surface area (Å²) in [5.41, 5.74) is 2.11. The standard InChI is InChI=1S/C15H18N2OS/c1-12-16-14(11-19-12)9-17(2)10-15(18)8-13-6-4-3-5-7-13/h3-7,11H,8-10H2,1-2H3. The molecule has 1 aromatic carbocycles. The van der Waals surface area contributed by atoms with E-state index in [1.54, 1.807) is 11.3 Å². The first kappa shape index (κ1) is 13.9. The number of aromatic nitrogens is 1. The number of benzene rings is 1. The summed E-state index contributed by atoms with van der Waals surface area (Å²) in [4.78, 5) is 18.4. The first-order valence-electron chi connectivity index (χ1n) is 6.28. The van der Waals surface area contributed by atoms with Crippen LogP contribution in [0.25, 0.3) is 0 Å². The van der Waals surface area contributed by atoms with Crippen LogP contribution >= 0.6 is 11.3 Å². The van der Waals surface area contributed by atoms with Gasteiger partial charge in [-0.1, -0.05) is 30.3 Å². The lowest BCUT2D eigenvalue weighted by Gasteiger charge is -2.14. The van der Waals surface area contributed by atoms with E-state index in [4.69, 9.17) is 0 Å². The molecule has 0 N–H and O–H groups in total. The number of carbonyl (C=O) groups is 1. The molecule has 1 heterocycles. The number of hydrogen-bond acceptors (Lipinski definition) is 4. The molecule has 0 aliphatic rings. The molecule has 0 fully saturated rings. The van der Waals surface area contributed by atoms with E-state index >= 15 is 0 Å². The van der Waals surface area contributed by atoms with Gasteiger partial charge in [-0.2, -0.15) is 0 Å². The van der Waals surface area contributed by atoms with Gasteiger partial charge in [0.1, 0.15) is 0 Å². The molecule has 0 amide bonds. The SMILES string of the molecule is Cc1nc(CN(C)CC(=O)Cc2ccccc2)cs1. The van der Waals surface area contributed by atoms with Gasteiger partial charge in [-0.15, -0.1) is 11.3 Å². The third-order valence-corrected chi connectivity index (χ3v) is 3.61. The maximum atomic E-state index is 12.0. The van der Waals surface area contributed by atoms with Crippen LogP contribution in [0, 0.1) is 6.92 Å². The second-order valence-electron chi connectivity index (χ2n) is 4.73. The molecule has 19 heavy (non-hydrogen) atoms. The predicted octanol–water partition coefficient (Wildman–Crippen LogP) is 2.70. The van der Waals surface area contributed by atoms with Crippen molar-refractivity contribution in [1.82, 2.24) is 9.88 Å². The number of rotatable bonds is 6. The van der Waals surface area contributed by atoms with Gasteiger partial charge in [0.2, 0.25) is 0 Å². The zero-order chi connectivity index (χ0) is 13.7. The predicted molar refractivity (Wildman–Crippen MR) is 78.3 cm³/mol. The first-order chi connectivity index (χ1) is 9.13. The fourth-order valence-electron chi connectivity index (χ4n) is 1.99. The minimum atomic E-state index is 0.237. The van der Waals surface area contributed by atoms with E-state index in [9.17, 15) is 4.79 Å². The van der Waals surface area contributed by atoms with E-state index in [0.717, 1.165) is 22.8 Å². The van der Waals surface area contributed by atoms with E-state index in [1.807, 2.05) is 54.6 Å². The Bertz CT molecular complexity index is 536. The van der Waals surface area contributed by atoms with Crippen molar-refractivity contribution >= 4 is 17.1 Å². The van der Waals surface area contributed by atoms with E-state index in [1.165, 1.54) is 0 Å². The molecule has 0 radical (unpaired) electrons. The minimum Gasteiger partial charge on any atom is -0.298 e. The molecule has 0 aliphatic heterocycles. The Morgan fingerprint density at radius 2 is 2.05 bits per heavy atom. The minimum absolute atomic E-state index is 0.237. The summed E-state index contributed by atoms with van der Waals surface area (Å²) in [7, 11) is 1.96. The van der Waals surface area contributed by atoms with Crippen LogP contribution in [0.5, 0.6) is 0 Å². The summed E-state index contributed by atoms with van der Waals surface area (Å²) in [6.45, 7) is 3.19. The van der Waals surface area contributed by atoms with Crippen molar-refractivity contribution < 1.29 is 4.79 Å². The van der Waals surface area contributed by atoms with Gasteiger partial charge in [-0.05, 0) is 19.5 Å². The maximum Gasteiger partial charge on any atom is 0.151 e. The van der Waals surface area contributed by atoms with Crippen molar-refractivity contribution in [3.63, 3.8) is 0 Å². The van der Waals surface area contributed by atoms with Gasteiger partial charge >= 0.3 is 0 Å². The van der Waals surface area contributed by atoms with Crippen LogP contribution in [0.3, 0.4) is 0 Å². The van der Waals surface area contributed by atoms with Gasteiger partial charge in [0.15, 0.2) is 5.78 Å². The largest absolute Gasteiger partial charge is 0.298 e. The van der Waals surface area contributed by atoms with Crippen LogP contribution in [-0.2, 0) is 17.8 Å². The summed E-state index contributed by atoms with van der Waals surface area (Å²) in [6.07, 6.45) is 0.501. The molecule has 4 heteroatoms. The monoisotopic (exact) mass is 274 g/mol. The number of Topliss-reactive ketones (excluding diaryl/α,β-unsaturated/α-hetero) is 1. The Balaban J connectivity index is 1.82. The van der Waals surface area contributed by atoms with Crippen molar-refractivity contribution in [1.29, 1.82) is 0 Å². The fourth-order valence-corrected chi connectivity index (χ4v) is 2.60. The number of carbonyl (C=O) groups excluding carboxylic acids is 1. The Hall–Kier alpha value is -1.52. The molecule has 3 nitrogen and oxygen atoms in total. The number of likely N-dealkylation sites (N-methyl/N-ethyl adjacent to an activating group) is 1. The zero-order valence-electron chi connectivity index (χ0n) is 11.3. The van der Waals surface area contributed by atoms with Crippen molar-refractivity contribution in [3.8, 4) is 0 Å². The van der Waals surface area contributed by atoms with Gasteiger partial charge in [0, 0.05) is 18.3 Å². The first-order valence-corrected chi connectivity index (χ1v) is 7.16. The third-order valence-electron chi connectivity index (χ3n) is 2.79. The lowest BCUT2D eigenvalue weighted by Crippen LogP contribution is -2.26. The van der Waals surface area contributed by atoms with Crippen LogP contribution < -0.4 is 0 Å². The topological polar surface area (TPSA) is 33.2 Å². The zero-order valence-corrected chi connectivity index (χ0v) is 12.1. The summed E-state index contributed by atoms with van der Waals surface area (Å²) in [5, 5.41) is 3.12. The third kappa shape index (κ3) is 4.58. The molecule has 2 aromatic rings. The second kappa shape index (κ2) is 6.59. The highest BCUT2D eigenvalue weighted by atomic mass is 32.1. The maximum absolute atomic E-state index is 12.0. The molecule has 100 valence electrons.